The van der Waals surface area contributed by atoms with Crippen molar-refractivity contribution in [2.24, 2.45) is 0 Å². The highest BCUT2D eigenvalue weighted by molar-refractivity contribution is 7.16. The van der Waals surface area contributed by atoms with Gasteiger partial charge in [0.15, 0.2) is 5.01 Å². The molecule has 7 heteroatoms. The summed E-state index contributed by atoms with van der Waals surface area (Å²) < 4.78 is 7.23. The van der Waals surface area contributed by atoms with Gasteiger partial charge in [-0.15, -0.1) is 22.7 Å². The van der Waals surface area contributed by atoms with Crippen LogP contribution < -0.4 is 21.9 Å². The number of benzene rings is 4. The minimum absolute atomic E-state index is 0.0191. The number of thiazole rings is 2. The molecule has 0 saturated heterocycles. The minimum Gasteiger partial charge on any atom is -0.550 e. The van der Waals surface area contributed by atoms with Crippen molar-refractivity contribution in [3.63, 3.8) is 0 Å². The van der Waals surface area contributed by atoms with Crippen molar-refractivity contribution in [2.45, 2.75) is 0 Å². The van der Waals surface area contributed by atoms with E-state index in [9.17, 15) is 0 Å². The van der Waals surface area contributed by atoms with Crippen molar-refractivity contribution >= 4 is 69.4 Å². The number of nitrogens with zero attached hydrogens (tertiary/aromatic N) is 2. The summed E-state index contributed by atoms with van der Waals surface area (Å²) in [5.74, 6) is 0.799. The Morgan fingerprint density at radius 1 is 0.538 bits per heavy atom. The molecule has 0 fully saturated rings. The van der Waals surface area contributed by atoms with E-state index in [0.29, 0.717) is 0 Å². The fourth-order valence-electron chi connectivity index (χ4n) is 6.09. The van der Waals surface area contributed by atoms with E-state index in [2.05, 4.69) is 97.1 Å². The van der Waals surface area contributed by atoms with Crippen LogP contribution in [0.25, 0.3) is 33.5 Å². The average Bonchev–Trinajstić information content (AvgIpc) is 3.80. The molecule has 3 nitrogen and oxygen atoms in total. The van der Waals surface area contributed by atoms with E-state index in [1.165, 1.54) is 44.1 Å². The van der Waals surface area contributed by atoms with Crippen LogP contribution in [0.4, 0.5) is 0 Å². The maximum Gasteiger partial charge on any atom is 0.427 e. The smallest absolute Gasteiger partial charge is 0.427 e. The summed E-state index contributed by atoms with van der Waals surface area (Å²) in [5.41, 5.74) is 11.0. The van der Waals surface area contributed by atoms with Crippen molar-refractivity contribution in [1.29, 1.82) is 0 Å². The topological polar surface area (TPSA) is 35.0 Å². The summed E-state index contributed by atoms with van der Waals surface area (Å²) in [7, 11) is 0. The van der Waals surface area contributed by atoms with Gasteiger partial charge in [-0.3, -0.25) is 0 Å². The van der Waals surface area contributed by atoms with E-state index in [4.69, 9.17) is 14.6 Å². The van der Waals surface area contributed by atoms with Crippen LogP contribution in [0.5, 0.6) is 0 Å². The van der Waals surface area contributed by atoms with E-state index in [-0.39, 0.29) is 13.6 Å². The standard InChI is InChI=1S/C32H20B2N2OS2/c1-5-13-25-21(9-1)22-10-2-6-14-26(22)33(25)29(31-35-17-19-38-31)30(32-36-18-20-39-32)37-34-27-15-7-3-11-23(27)24-12-4-8-16-28(24)34/h1-20H/b30-29-. The third-order valence-corrected chi connectivity index (χ3v) is 9.25. The lowest BCUT2D eigenvalue weighted by Crippen LogP contribution is -2.43. The van der Waals surface area contributed by atoms with Gasteiger partial charge in [0.2, 0.25) is 0 Å². The molecule has 0 saturated carbocycles. The molecular formula is C32H20B2N2OS2. The molecule has 0 atom stereocenters. The van der Waals surface area contributed by atoms with Crippen molar-refractivity contribution in [3.8, 4) is 22.3 Å². The van der Waals surface area contributed by atoms with E-state index in [1.807, 2.05) is 23.2 Å². The summed E-state index contributed by atoms with van der Waals surface area (Å²) in [6, 6.07) is 34.6. The fraction of sp³-hybridized carbons (Fsp3) is 0. The van der Waals surface area contributed by atoms with Gasteiger partial charge in [0.05, 0.1) is 0 Å². The first-order chi connectivity index (χ1) is 19.4. The van der Waals surface area contributed by atoms with Gasteiger partial charge in [0.1, 0.15) is 10.8 Å². The monoisotopic (exact) mass is 534 g/mol. The van der Waals surface area contributed by atoms with Crippen molar-refractivity contribution < 1.29 is 4.65 Å². The Morgan fingerprint density at radius 3 is 1.46 bits per heavy atom. The summed E-state index contributed by atoms with van der Waals surface area (Å²) in [6.07, 6.45) is 3.74. The van der Waals surface area contributed by atoms with Crippen LogP contribution in [0, 0.1) is 0 Å². The Morgan fingerprint density at radius 2 is 0.974 bits per heavy atom. The van der Waals surface area contributed by atoms with E-state index in [0.717, 1.165) is 21.2 Å². The first-order valence-electron chi connectivity index (χ1n) is 13.0. The first-order valence-corrected chi connectivity index (χ1v) is 14.7. The molecule has 0 unspecified atom stereocenters. The maximum absolute atomic E-state index is 7.23. The molecule has 0 amide bonds. The minimum atomic E-state index is -0.238. The molecule has 0 aliphatic carbocycles. The lowest BCUT2D eigenvalue weighted by Gasteiger charge is -2.22. The molecule has 0 radical (unpaired) electrons. The van der Waals surface area contributed by atoms with Crippen LogP contribution in [0.1, 0.15) is 10.0 Å². The SMILES string of the molecule is c1ccc2c(c1)B(O/C(=C(\B1c3ccccc3-c3ccccc31)c1nccs1)c1nccs1)c1ccccc1-2. The fourth-order valence-corrected chi connectivity index (χ4v) is 7.44. The third kappa shape index (κ3) is 3.58. The van der Waals surface area contributed by atoms with Crippen LogP contribution >= 0.6 is 22.7 Å². The molecule has 0 spiro atoms. The van der Waals surface area contributed by atoms with Gasteiger partial charge >= 0.3 is 6.92 Å². The van der Waals surface area contributed by atoms with Gasteiger partial charge in [0.25, 0.3) is 6.71 Å². The quantitative estimate of drug-likeness (QED) is 0.228. The highest BCUT2D eigenvalue weighted by atomic mass is 32.1. The van der Waals surface area contributed by atoms with Crippen LogP contribution in [0.3, 0.4) is 0 Å². The second-order valence-electron chi connectivity index (χ2n) is 9.70. The van der Waals surface area contributed by atoms with Crippen molar-refractivity contribution in [2.75, 3.05) is 0 Å². The number of fused-ring (bicyclic) bond motifs is 6. The van der Waals surface area contributed by atoms with Gasteiger partial charge in [-0.05, 0) is 33.2 Å². The molecule has 2 aliphatic heterocycles. The lowest BCUT2D eigenvalue weighted by atomic mass is 9.38. The normalized spacial score (nSPS) is 13.4. The zero-order chi connectivity index (χ0) is 25.8. The van der Waals surface area contributed by atoms with Gasteiger partial charge in [0, 0.05) is 28.6 Å². The second kappa shape index (κ2) is 9.23. The first kappa shape index (κ1) is 22.8. The predicted molar refractivity (Wildman–Crippen MR) is 166 cm³/mol. The number of hydrogen-bond donors (Lipinski definition) is 0. The Bertz CT molecular complexity index is 1770. The van der Waals surface area contributed by atoms with Gasteiger partial charge < -0.3 is 4.65 Å². The Kier molecular flexibility index (Phi) is 5.38. The largest absolute Gasteiger partial charge is 0.550 e. The molecule has 2 aliphatic rings. The molecular weight excluding hydrogens is 514 g/mol. The summed E-state index contributed by atoms with van der Waals surface area (Å²) in [5, 5.41) is 5.88. The summed E-state index contributed by atoms with van der Waals surface area (Å²) in [4.78, 5) is 9.66. The summed E-state index contributed by atoms with van der Waals surface area (Å²) >= 11 is 3.26. The van der Waals surface area contributed by atoms with Crippen molar-refractivity contribution in [1.82, 2.24) is 9.97 Å². The lowest BCUT2D eigenvalue weighted by molar-refractivity contribution is 0.551. The molecule has 4 aromatic carbocycles. The maximum atomic E-state index is 7.23. The van der Waals surface area contributed by atoms with E-state index < -0.39 is 0 Å². The van der Waals surface area contributed by atoms with Crippen LogP contribution in [-0.2, 0) is 4.65 Å². The Hall–Kier alpha value is -4.19. The van der Waals surface area contributed by atoms with Gasteiger partial charge in [-0.1, -0.05) is 108 Å². The molecule has 182 valence electrons. The highest BCUT2D eigenvalue weighted by Gasteiger charge is 2.41. The highest BCUT2D eigenvalue weighted by Crippen LogP contribution is 2.37. The van der Waals surface area contributed by atoms with Crippen LogP contribution in [0.2, 0.25) is 0 Å². The molecule has 2 aromatic heterocycles. The van der Waals surface area contributed by atoms with E-state index >= 15 is 0 Å². The number of aromatic nitrogens is 2. The molecule has 4 heterocycles. The molecule has 6 aromatic rings. The zero-order valence-electron chi connectivity index (χ0n) is 20.8. The van der Waals surface area contributed by atoms with Crippen LogP contribution in [0.15, 0.2) is 120 Å². The second-order valence-corrected chi connectivity index (χ2v) is 11.5. The van der Waals surface area contributed by atoms with Gasteiger partial charge in [-0.25, -0.2) is 9.97 Å². The molecule has 39 heavy (non-hydrogen) atoms. The predicted octanol–water partition coefficient (Wildman–Crippen LogP) is 5.10. The number of hydrogen-bond acceptors (Lipinski definition) is 5. The van der Waals surface area contributed by atoms with Crippen LogP contribution in [-0.4, -0.2) is 23.6 Å². The van der Waals surface area contributed by atoms with Gasteiger partial charge in [-0.2, -0.15) is 0 Å². The molecule has 0 N–H and O–H groups in total. The zero-order valence-corrected chi connectivity index (χ0v) is 22.5. The number of rotatable bonds is 5. The van der Waals surface area contributed by atoms with Crippen molar-refractivity contribution in [3.05, 3.63) is 130 Å². The Balaban J connectivity index is 1.40. The molecule has 0 bridgehead atoms. The summed E-state index contributed by atoms with van der Waals surface area (Å²) in [6.45, 7) is -0.257. The Labute approximate surface area is 235 Å². The third-order valence-electron chi connectivity index (χ3n) is 7.67. The molecule has 8 rings (SSSR count). The van der Waals surface area contributed by atoms with E-state index in [1.54, 1.807) is 22.7 Å². The average molecular weight is 534 g/mol.